The summed E-state index contributed by atoms with van der Waals surface area (Å²) in [5.74, 6) is 0. The zero-order chi connectivity index (χ0) is 9.12. The molecule has 0 saturated carbocycles. The van der Waals surface area contributed by atoms with E-state index in [1.807, 2.05) is 0 Å². The summed E-state index contributed by atoms with van der Waals surface area (Å²) in [6, 6.07) is 1.22. The lowest BCUT2D eigenvalue weighted by Gasteiger charge is -2.19. The molecule has 1 N–H and O–H groups in total. The fourth-order valence-electron chi connectivity index (χ4n) is 0.575. The Bertz CT molecular complexity index is 172. The van der Waals surface area contributed by atoms with Crippen LogP contribution in [0.2, 0.25) is 0 Å². The second-order valence-corrected chi connectivity index (χ2v) is 2.29. The quantitative estimate of drug-likeness (QED) is 0.635. The first-order valence-electron chi connectivity index (χ1n) is 3.03. The van der Waals surface area contributed by atoms with Crippen molar-refractivity contribution >= 4 is 0 Å². The van der Waals surface area contributed by atoms with Crippen molar-refractivity contribution < 1.29 is 18.3 Å². The third-order valence-corrected chi connectivity index (χ3v) is 1.29. The summed E-state index contributed by atoms with van der Waals surface area (Å²) in [5.41, 5.74) is -2.25. The lowest BCUT2D eigenvalue weighted by Crippen LogP contribution is -2.32. The molecule has 0 bridgehead atoms. The van der Waals surface area contributed by atoms with Crippen LogP contribution >= 0.6 is 0 Å². The van der Waals surface area contributed by atoms with Gasteiger partial charge in [-0.15, -0.1) is 0 Å². The number of nitriles is 1. The lowest BCUT2D eigenvalue weighted by atomic mass is 9.98. The van der Waals surface area contributed by atoms with Gasteiger partial charge in [-0.1, -0.05) is 6.92 Å². The Hall–Kier alpha value is -0.760. The Balaban J connectivity index is 4.23. The van der Waals surface area contributed by atoms with Crippen LogP contribution in [0.15, 0.2) is 0 Å². The van der Waals surface area contributed by atoms with Crippen LogP contribution in [0.25, 0.3) is 0 Å². The maximum atomic E-state index is 11.6. The summed E-state index contributed by atoms with van der Waals surface area (Å²) < 4.78 is 34.8. The molecule has 0 aliphatic rings. The van der Waals surface area contributed by atoms with Crippen molar-refractivity contribution in [3.05, 3.63) is 0 Å². The predicted octanol–water partition coefficient (Wildman–Crippen LogP) is 1.60. The highest BCUT2D eigenvalue weighted by Crippen LogP contribution is 2.28. The fraction of sp³-hybridized carbons (Fsp3) is 0.833. The van der Waals surface area contributed by atoms with E-state index in [9.17, 15) is 13.2 Å². The minimum Gasteiger partial charge on any atom is -0.375 e. The Morgan fingerprint density at radius 2 is 1.91 bits per heavy atom. The lowest BCUT2D eigenvalue weighted by molar-refractivity contribution is -0.165. The molecule has 0 spiro atoms. The van der Waals surface area contributed by atoms with E-state index in [1.165, 1.54) is 13.0 Å². The molecule has 0 aromatic carbocycles. The number of hydrogen-bond donors (Lipinski definition) is 1. The number of hydrogen-bond acceptors (Lipinski definition) is 2. The van der Waals surface area contributed by atoms with E-state index in [4.69, 9.17) is 10.4 Å². The van der Waals surface area contributed by atoms with Crippen LogP contribution in [0.5, 0.6) is 0 Å². The van der Waals surface area contributed by atoms with Gasteiger partial charge in [0.1, 0.15) is 0 Å². The third-order valence-electron chi connectivity index (χ3n) is 1.29. The SMILES string of the molecule is CCC(O)(C#N)CC(F)(F)F. The predicted molar refractivity (Wildman–Crippen MR) is 31.5 cm³/mol. The van der Waals surface area contributed by atoms with Gasteiger partial charge in [0.05, 0.1) is 12.5 Å². The van der Waals surface area contributed by atoms with Gasteiger partial charge in [0, 0.05) is 0 Å². The monoisotopic (exact) mass is 167 g/mol. The standard InChI is InChI=1S/C6H8F3NO/c1-2-5(11,4-10)3-6(7,8)9/h11H,2-3H2,1H3. The largest absolute Gasteiger partial charge is 0.392 e. The Morgan fingerprint density at radius 1 is 1.45 bits per heavy atom. The Morgan fingerprint density at radius 3 is 2.00 bits per heavy atom. The Labute approximate surface area is 62.2 Å². The molecule has 11 heavy (non-hydrogen) atoms. The summed E-state index contributed by atoms with van der Waals surface area (Å²) >= 11 is 0. The van der Waals surface area contributed by atoms with E-state index >= 15 is 0 Å². The molecule has 64 valence electrons. The first kappa shape index (κ1) is 10.2. The maximum Gasteiger partial charge on any atom is 0.392 e. The van der Waals surface area contributed by atoms with Crippen molar-refractivity contribution in [2.45, 2.75) is 31.5 Å². The van der Waals surface area contributed by atoms with Crippen LogP contribution in [0, 0.1) is 11.3 Å². The maximum absolute atomic E-state index is 11.6. The third kappa shape index (κ3) is 3.83. The summed E-state index contributed by atoms with van der Waals surface area (Å²) in [4.78, 5) is 0. The summed E-state index contributed by atoms with van der Waals surface area (Å²) in [6.45, 7) is 1.33. The molecule has 0 aliphatic heterocycles. The van der Waals surface area contributed by atoms with E-state index in [-0.39, 0.29) is 6.42 Å². The van der Waals surface area contributed by atoms with Gasteiger partial charge in [0.2, 0.25) is 0 Å². The highest BCUT2D eigenvalue weighted by atomic mass is 19.4. The van der Waals surface area contributed by atoms with Crippen LogP contribution in [0.4, 0.5) is 13.2 Å². The van der Waals surface area contributed by atoms with E-state index in [1.54, 1.807) is 0 Å². The molecular formula is C6H8F3NO. The molecule has 1 unspecified atom stereocenters. The zero-order valence-electron chi connectivity index (χ0n) is 5.94. The number of aliphatic hydroxyl groups is 1. The molecule has 0 aliphatic carbocycles. The highest BCUT2D eigenvalue weighted by Gasteiger charge is 2.40. The molecule has 0 aromatic rings. The minimum atomic E-state index is -4.49. The van der Waals surface area contributed by atoms with Crippen molar-refractivity contribution in [2.24, 2.45) is 0 Å². The first-order valence-corrected chi connectivity index (χ1v) is 3.03. The van der Waals surface area contributed by atoms with Gasteiger partial charge in [0.15, 0.2) is 5.60 Å². The van der Waals surface area contributed by atoms with E-state index in [2.05, 4.69) is 0 Å². The fourth-order valence-corrected chi connectivity index (χ4v) is 0.575. The summed E-state index contributed by atoms with van der Waals surface area (Å²) in [7, 11) is 0. The van der Waals surface area contributed by atoms with Crippen molar-refractivity contribution in [3.63, 3.8) is 0 Å². The number of halogens is 3. The van der Waals surface area contributed by atoms with Crippen LogP contribution < -0.4 is 0 Å². The zero-order valence-corrected chi connectivity index (χ0v) is 5.94. The smallest absolute Gasteiger partial charge is 0.375 e. The summed E-state index contributed by atoms with van der Waals surface area (Å²) in [6.07, 6.45) is -6.17. The average molecular weight is 167 g/mol. The molecule has 2 nitrogen and oxygen atoms in total. The van der Waals surface area contributed by atoms with E-state index in [0.29, 0.717) is 0 Å². The molecule has 5 heteroatoms. The van der Waals surface area contributed by atoms with Crippen molar-refractivity contribution in [1.82, 2.24) is 0 Å². The van der Waals surface area contributed by atoms with Crippen LogP contribution in [-0.4, -0.2) is 16.9 Å². The topological polar surface area (TPSA) is 44.0 Å². The number of rotatable bonds is 2. The molecule has 0 amide bonds. The molecule has 0 heterocycles. The van der Waals surface area contributed by atoms with Gasteiger partial charge in [-0.05, 0) is 6.42 Å². The highest BCUT2D eigenvalue weighted by molar-refractivity contribution is 5.00. The van der Waals surface area contributed by atoms with Gasteiger partial charge in [-0.3, -0.25) is 0 Å². The van der Waals surface area contributed by atoms with E-state index in [0.717, 1.165) is 0 Å². The van der Waals surface area contributed by atoms with Gasteiger partial charge in [0.25, 0.3) is 0 Å². The first-order chi connectivity index (χ1) is 4.83. The van der Waals surface area contributed by atoms with Crippen molar-refractivity contribution in [2.75, 3.05) is 0 Å². The van der Waals surface area contributed by atoms with Crippen LogP contribution in [0.3, 0.4) is 0 Å². The molecule has 0 radical (unpaired) electrons. The van der Waals surface area contributed by atoms with Crippen LogP contribution in [0.1, 0.15) is 19.8 Å². The molecular weight excluding hydrogens is 159 g/mol. The molecule has 0 fully saturated rings. The van der Waals surface area contributed by atoms with Crippen LogP contribution in [-0.2, 0) is 0 Å². The second-order valence-electron chi connectivity index (χ2n) is 2.29. The Kier molecular flexibility index (Phi) is 2.88. The second kappa shape index (κ2) is 3.09. The summed E-state index contributed by atoms with van der Waals surface area (Å²) in [5, 5.41) is 17.0. The van der Waals surface area contributed by atoms with Gasteiger partial charge < -0.3 is 5.11 Å². The minimum absolute atomic E-state index is 0.219. The number of nitrogens with zero attached hydrogens (tertiary/aromatic N) is 1. The molecule has 1 atom stereocenters. The van der Waals surface area contributed by atoms with Crippen molar-refractivity contribution in [3.8, 4) is 6.07 Å². The molecule has 0 aromatic heterocycles. The van der Waals surface area contributed by atoms with Crippen molar-refractivity contribution in [1.29, 1.82) is 5.26 Å². The molecule has 0 rings (SSSR count). The van der Waals surface area contributed by atoms with Gasteiger partial charge in [-0.2, -0.15) is 18.4 Å². The molecule has 0 saturated heterocycles. The average Bonchev–Trinajstić information content (AvgIpc) is 1.84. The van der Waals surface area contributed by atoms with E-state index < -0.39 is 18.2 Å². The van der Waals surface area contributed by atoms with Gasteiger partial charge in [-0.25, -0.2) is 0 Å². The normalized spacial score (nSPS) is 17.1. The van der Waals surface area contributed by atoms with Gasteiger partial charge >= 0.3 is 6.18 Å². The number of alkyl halides is 3.